The van der Waals surface area contributed by atoms with Gasteiger partial charge in [0.2, 0.25) is 11.8 Å². The lowest BCUT2D eigenvalue weighted by Gasteiger charge is -2.20. The van der Waals surface area contributed by atoms with E-state index in [2.05, 4.69) is 5.32 Å². The zero-order chi connectivity index (χ0) is 17.0. The molecule has 1 aromatic carbocycles. The molecule has 1 heterocycles. The summed E-state index contributed by atoms with van der Waals surface area (Å²) in [6, 6.07) is 5.04. The molecule has 2 N–H and O–H groups in total. The first-order valence-corrected chi connectivity index (χ1v) is 6.98. The molecule has 8 heteroatoms. The predicted molar refractivity (Wildman–Crippen MR) is 80.7 cm³/mol. The van der Waals surface area contributed by atoms with Gasteiger partial charge in [0.1, 0.15) is 18.0 Å². The largest absolute Gasteiger partial charge is 0.497 e. The van der Waals surface area contributed by atoms with Gasteiger partial charge in [-0.1, -0.05) is 0 Å². The number of hydrogen-bond donors (Lipinski definition) is 2. The number of hydrogen-bond acceptors (Lipinski definition) is 5. The van der Waals surface area contributed by atoms with Crippen LogP contribution in [0.25, 0.3) is 0 Å². The highest BCUT2D eigenvalue weighted by Gasteiger charge is 2.36. The number of amides is 2. The Kier molecular flexibility index (Phi) is 5.05. The van der Waals surface area contributed by atoms with E-state index in [1.54, 1.807) is 18.2 Å². The highest BCUT2D eigenvalue weighted by Crippen LogP contribution is 2.35. The van der Waals surface area contributed by atoms with Crippen molar-refractivity contribution in [1.82, 2.24) is 5.32 Å². The number of rotatable bonds is 6. The quantitative estimate of drug-likeness (QED) is 0.778. The van der Waals surface area contributed by atoms with Crippen molar-refractivity contribution in [3.05, 3.63) is 18.2 Å². The molecule has 124 valence electrons. The summed E-state index contributed by atoms with van der Waals surface area (Å²) in [4.78, 5) is 36.1. The lowest BCUT2D eigenvalue weighted by Crippen LogP contribution is -2.36. The van der Waals surface area contributed by atoms with E-state index in [-0.39, 0.29) is 18.9 Å². The fraction of sp³-hybridized carbons (Fsp3) is 0.400. The molecule has 1 saturated heterocycles. The van der Waals surface area contributed by atoms with Gasteiger partial charge in [0.25, 0.3) is 0 Å². The van der Waals surface area contributed by atoms with Crippen LogP contribution in [0.1, 0.15) is 6.42 Å². The Morgan fingerprint density at radius 2 is 2.09 bits per heavy atom. The van der Waals surface area contributed by atoms with Crippen molar-refractivity contribution in [3.8, 4) is 11.5 Å². The Hall–Kier alpha value is -2.77. The van der Waals surface area contributed by atoms with Gasteiger partial charge in [0.05, 0.1) is 25.8 Å². The van der Waals surface area contributed by atoms with Gasteiger partial charge in [-0.15, -0.1) is 0 Å². The van der Waals surface area contributed by atoms with Gasteiger partial charge in [-0.05, 0) is 12.1 Å². The number of carbonyl (C=O) groups excluding carboxylic acids is 2. The highest BCUT2D eigenvalue weighted by atomic mass is 16.5. The summed E-state index contributed by atoms with van der Waals surface area (Å²) in [7, 11) is 3.01. The molecule has 2 amide bonds. The van der Waals surface area contributed by atoms with Crippen LogP contribution in [0, 0.1) is 5.92 Å². The number of methoxy groups -OCH3 is 2. The molecule has 1 unspecified atom stereocenters. The van der Waals surface area contributed by atoms with Crippen LogP contribution in [0.15, 0.2) is 18.2 Å². The van der Waals surface area contributed by atoms with Crippen molar-refractivity contribution < 1.29 is 29.0 Å². The molecular formula is C15H18N2O6. The predicted octanol–water partition coefficient (Wildman–Crippen LogP) is 0.257. The smallest absolute Gasteiger partial charge is 0.322 e. The van der Waals surface area contributed by atoms with E-state index >= 15 is 0 Å². The van der Waals surface area contributed by atoms with E-state index in [1.807, 2.05) is 0 Å². The average molecular weight is 322 g/mol. The van der Waals surface area contributed by atoms with Gasteiger partial charge in [-0.25, -0.2) is 0 Å². The van der Waals surface area contributed by atoms with Gasteiger partial charge in [-0.2, -0.15) is 0 Å². The molecular weight excluding hydrogens is 304 g/mol. The number of carboxylic acids is 1. The minimum absolute atomic E-state index is 0.0284. The van der Waals surface area contributed by atoms with E-state index in [9.17, 15) is 14.4 Å². The first kappa shape index (κ1) is 16.6. The summed E-state index contributed by atoms with van der Waals surface area (Å²) in [5.74, 6) is -1.33. The molecule has 0 radical (unpaired) electrons. The van der Waals surface area contributed by atoms with Gasteiger partial charge < -0.3 is 24.8 Å². The topological polar surface area (TPSA) is 105 Å². The fourth-order valence-electron chi connectivity index (χ4n) is 2.43. The Labute approximate surface area is 133 Å². The van der Waals surface area contributed by atoms with Crippen LogP contribution in [0.2, 0.25) is 0 Å². The molecule has 0 saturated carbocycles. The van der Waals surface area contributed by atoms with Crippen molar-refractivity contribution in [1.29, 1.82) is 0 Å². The average Bonchev–Trinajstić information content (AvgIpc) is 2.93. The first-order chi connectivity index (χ1) is 11.0. The van der Waals surface area contributed by atoms with Crippen LogP contribution < -0.4 is 19.7 Å². The highest BCUT2D eigenvalue weighted by molar-refractivity contribution is 6.01. The van der Waals surface area contributed by atoms with Gasteiger partial charge in [0, 0.05) is 19.0 Å². The zero-order valence-electron chi connectivity index (χ0n) is 12.9. The maximum Gasteiger partial charge on any atom is 0.322 e. The summed E-state index contributed by atoms with van der Waals surface area (Å²) in [5, 5.41) is 10.9. The monoisotopic (exact) mass is 322 g/mol. The second-order valence-corrected chi connectivity index (χ2v) is 5.05. The van der Waals surface area contributed by atoms with E-state index < -0.39 is 24.3 Å². The van der Waals surface area contributed by atoms with E-state index in [0.29, 0.717) is 17.2 Å². The SMILES string of the molecule is COc1ccc(N2CC(C(=O)NCC(=O)O)CC2=O)c(OC)c1. The minimum Gasteiger partial charge on any atom is -0.497 e. The lowest BCUT2D eigenvalue weighted by atomic mass is 10.1. The normalized spacial score (nSPS) is 17.0. The molecule has 1 aliphatic rings. The van der Waals surface area contributed by atoms with E-state index in [0.717, 1.165) is 0 Å². The van der Waals surface area contributed by atoms with Crippen LogP contribution in [0.4, 0.5) is 5.69 Å². The van der Waals surface area contributed by atoms with E-state index in [4.69, 9.17) is 14.6 Å². The molecule has 0 spiro atoms. The molecule has 1 fully saturated rings. The number of carboxylic acid groups (broad SMARTS) is 1. The first-order valence-electron chi connectivity index (χ1n) is 6.98. The zero-order valence-corrected chi connectivity index (χ0v) is 12.9. The second kappa shape index (κ2) is 6.99. The van der Waals surface area contributed by atoms with Crippen molar-refractivity contribution in [2.24, 2.45) is 5.92 Å². The number of benzene rings is 1. The Balaban J connectivity index is 2.14. The molecule has 8 nitrogen and oxygen atoms in total. The minimum atomic E-state index is -1.13. The molecule has 1 aromatic rings. The fourth-order valence-corrected chi connectivity index (χ4v) is 2.43. The Morgan fingerprint density at radius 1 is 1.35 bits per heavy atom. The molecule has 1 atom stereocenters. The molecule has 23 heavy (non-hydrogen) atoms. The number of anilines is 1. The van der Waals surface area contributed by atoms with Crippen LogP contribution in [-0.2, 0) is 14.4 Å². The Bertz CT molecular complexity index is 630. The van der Waals surface area contributed by atoms with Crippen molar-refractivity contribution >= 4 is 23.5 Å². The van der Waals surface area contributed by atoms with Crippen molar-refractivity contribution in [2.75, 3.05) is 32.2 Å². The maximum atomic E-state index is 12.2. The second-order valence-electron chi connectivity index (χ2n) is 5.05. The summed E-state index contributed by atoms with van der Waals surface area (Å²) in [5.41, 5.74) is 0.548. The maximum absolute atomic E-state index is 12.2. The van der Waals surface area contributed by atoms with Crippen molar-refractivity contribution in [2.45, 2.75) is 6.42 Å². The van der Waals surface area contributed by atoms with Crippen LogP contribution in [0.5, 0.6) is 11.5 Å². The molecule has 0 bridgehead atoms. The Morgan fingerprint density at radius 3 is 2.70 bits per heavy atom. The van der Waals surface area contributed by atoms with E-state index in [1.165, 1.54) is 19.1 Å². The molecule has 2 rings (SSSR count). The summed E-state index contributed by atoms with van der Waals surface area (Å²) in [6.45, 7) is -0.289. The summed E-state index contributed by atoms with van der Waals surface area (Å²) in [6.07, 6.45) is 0.0284. The van der Waals surface area contributed by atoms with Gasteiger partial charge in [-0.3, -0.25) is 14.4 Å². The molecule has 1 aliphatic heterocycles. The van der Waals surface area contributed by atoms with Crippen LogP contribution in [-0.4, -0.2) is 50.2 Å². The van der Waals surface area contributed by atoms with Crippen LogP contribution >= 0.6 is 0 Å². The number of nitrogens with one attached hydrogen (secondary N) is 1. The standard InChI is InChI=1S/C15H18N2O6/c1-22-10-3-4-11(12(6-10)23-2)17-8-9(5-13(17)18)15(21)16-7-14(19)20/h3-4,6,9H,5,7-8H2,1-2H3,(H,16,21)(H,19,20). The summed E-state index contributed by atoms with van der Waals surface area (Å²) >= 11 is 0. The number of nitrogens with zero attached hydrogens (tertiary/aromatic N) is 1. The number of aliphatic carboxylic acids is 1. The third-order valence-electron chi connectivity index (χ3n) is 3.59. The van der Waals surface area contributed by atoms with Crippen molar-refractivity contribution in [3.63, 3.8) is 0 Å². The number of ether oxygens (including phenoxy) is 2. The lowest BCUT2D eigenvalue weighted by molar-refractivity contribution is -0.138. The number of carbonyl (C=O) groups is 3. The van der Waals surface area contributed by atoms with Crippen LogP contribution in [0.3, 0.4) is 0 Å². The third-order valence-corrected chi connectivity index (χ3v) is 3.59. The van der Waals surface area contributed by atoms with Gasteiger partial charge in [0.15, 0.2) is 0 Å². The summed E-state index contributed by atoms with van der Waals surface area (Å²) < 4.78 is 10.4. The van der Waals surface area contributed by atoms with Gasteiger partial charge >= 0.3 is 5.97 Å². The molecule has 0 aromatic heterocycles. The molecule has 0 aliphatic carbocycles. The third kappa shape index (κ3) is 3.71.